The fraction of sp³-hybridized carbons (Fsp3) is 0.700. The molecule has 2 aliphatic rings. The number of pyridine rings is 1. The van der Waals surface area contributed by atoms with E-state index in [1.54, 1.807) is 0 Å². The first kappa shape index (κ1) is 17.4. The quantitative estimate of drug-likeness (QED) is 0.832. The lowest BCUT2D eigenvalue weighted by Gasteiger charge is -2.38. The Labute approximate surface area is 146 Å². The van der Waals surface area contributed by atoms with Crippen molar-refractivity contribution in [2.75, 3.05) is 26.2 Å². The highest BCUT2D eigenvalue weighted by atomic mass is 16.2. The van der Waals surface area contributed by atoms with Gasteiger partial charge in [-0.15, -0.1) is 0 Å². The van der Waals surface area contributed by atoms with E-state index in [9.17, 15) is 4.79 Å². The van der Waals surface area contributed by atoms with Crippen LogP contribution in [0.5, 0.6) is 0 Å². The third-order valence-corrected chi connectivity index (χ3v) is 5.49. The van der Waals surface area contributed by atoms with Crippen LogP contribution < -0.4 is 0 Å². The number of hydrogen-bond donors (Lipinski definition) is 0. The molecule has 4 heteroatoms. The summed E-state index contributed by atoms with van der Waals surface area (Å²) in [6.45, 7) is 4.47. The smallest absolute Gasteiger partial charge is 0.223 e. The first-order chi connectivity index (χ1) is 11.8. The van der Waals surface area contributed by atoms with Gasteiger partial charge in [0, 0.05) is 37.9 Å². The second kappa shape index (κ2) is 9.16. The molecule has 24 heavy (non-hydrogen) atoms. The number of nitrogens with zero attached hydrogens (tertiary/aromatic N) is 3. The summed E-state index contributed by atoms with van der Waals surface area (Å²) in [4.78, 5) is 21.6. The summed E-state index contributed by atoms with van der Waals surface area (Å²) in [6.07, 6.45) is 14.1. The highest BCUT2D eigenvalue weighted by Crippen LogP contribution is 2.21. The Morgan fingerprint density at radius 1 is 1.00 bits per heavy atom. The van der Waals surface area contributed by atoms with Gasteiger partial charge in [-0.25, -0.2) is 0 Å². The topological polar surface area (TPSA) is 36.4 Å². The van der Waals surface area contributed by atoms with E-state index in [0.717, 1.165) is 25.9 Å². The Morgan fingerprint density at radius 2 is 1.71 bits per heavy atom. The van der Waals surface area contributed by atoms with Crippen molar-refractivity contribution < 1.29 is 4.79 Å². The van der Waals surface area contributed by atoms with Crippen LogP contribution in [-0.2, 0) is 11.2 Å². The summed E-state index contributed by atoms with van der Waals surface area (Å²) in [5, 5.41) is 0. The van der Waals surface area contributed by atoms with Crippen molar-refractivity contribution >= 4 is 5.91 Å². The second-order valence-electron chi connectivity index (χ2n) is 7.31. The minimum absolute atomic E-state index is 0.339. The van der Waals surface area contributed by atoms with Gasteiger partial charge in [-0.3, -0.25) is 9.78 Å². The molecule has 3 heterocycles. The lowest BCUT2D eigenvalue weighted by atomic mass is 10.00. The van der Waals surface area contributed by atoms with Gasteiger partial charge in [0.15, 0.2) is 0 Å². The van der Waals surface area contributed by atoms with Crippen LogP contribution in [0.15, 0.2) is 24.5 Å². The van der Waals surface area contributed by atoms with Crippen LogP contribution in [-0.4, -0.2) is 52.9 Å². The standard InChI is InChI=1S/C20H31N3O/c24-20(9-8-18-10-12-21-13-11-18)23-16-6-3-7-19(23)17-22-14-4-1-2-5-15-22/h10-13,19H,1-9,14-17H2. The van der Waals surface area contributed by atoms with Crippen molar-refractivity contribution in [2.45, 2.75) is 63.8 Å². The van der Waals surface area contributed by atoms with E-state index in [0.29, 0.717) is 18.4 Å². The summed E-state index contributed by atoms with van der Waals surface area (Å²) in [7, 11) is 0. The molecule has 1 atom stereocenters. The zero-order valence-corrected chi connectivity index (χ0v) is 14.8. The predicted molar refractivity (Wildman–Crippen MR) is 96.8 cm³/mol. The van der Waals surface area contributed by atoms with E-state index in [4.69, 9.17) is 0 Å². The average molecular weight is 329 g/mol. The van der Waals surface area contributed by atoms with Crippen LogP contribution in [0.1, 0.15) is 56.9 Å². The molecule has 0 radical (unpaired) electrons. The van der Waals surface area contributed by atoms with E-state index in [1.807, 2.05) is 24.5 Å². The Hall–Kier alpha value is -1.42. The van der Waals surface area contributed by atoms with Crippen molar-refractivity contribution in [3.63, 3.8) is 0 Å². The third kappa shape index (κ3) is 5.04. The Balaban J connectivity index is 1.53. The third-order valence-electron chi connectivity index (χ3n) is 5.49. The van der Waals surface area contributed by atoms with Crippen LogP contribution >= 0.6 is 0 Å². The number of carbonyl (C=O) groups excluding carboxylic acids is 1. The minimum Gasteiger partial charge on any atom is -0.338 e. The van der Waals surface area contributed by atoms with Crippen molar-refractivity contribution in [1.82, 2.24) is 14.8 Å². The molecule has 0 bridgehead atoms. The van der Waals surface area contributed by atoms with E-state index in [1.165, 1.54) is 57.2 Å². The molecule has 2 fully saturated rings. The number of amides is 1. The van der Waals surface area contributed by atoms with Crippen LogP contribution in [0, 0.1) is 0 Å². The maximum Gasteiger partial charge on any atom is 0.223 e. The monoisotopic (exact) mass is 329 g/mol. The van der Waals surface area contributed by atoms with Gasteiger partial charge in [0.25, 0.3) is 0 Å². The number of rotatable bonds is 5. The molecule has 0 saturated carbocycles. The van der Waals surface area contributed by atoms with E-state index in [-0.39, 0.29) is 0 Å². The van der Waals surface area contributed by atoms with Gasteiger partial charge in [-0.1, -0.05) is 12.8 Å². The molecule has 2 aliphatic heterocycles. The summed E-state index contributed by atoms with van der Waals surface area (Å²) in [5.41, 5.74) is 1.21. The molecule has 0 aliphatic carbocycles. The van der Waals surface area contributed by atoms with Crippen LogP contribution in [0.2, 0.25) is 0 Å². The van der Waals surface area contributed by atoms with Crippen molar-refractivity contribution in [2.24, 2.45) is 0 Å². The first-order valence-electron chi connectivity index (χ1n) is 9.73. The lowest BCUT2D eigenvalue weighted by molar-refractivity contribution is -0.135. The van der Waals surface area contributed by atoms with Gasteiger partial charge in [0.05, 0.1) is 0 Å². The number of hydrogen-bond acceptors (Lipinski definition) is 3. The van der Waals surface area contributed by atoms with Gasteiger partial charge in [0.2, 0.25) is 5.91 Å². The fourth-order valence-corrected chi connectivity index (χ4v) is 4.08. The minimum atomic E-state index is 0.339. The van der Waals surface area contributed by atoms with Gasteiger partial charge >= 0.3 is 0 Å². The molecule has 132 valence electrons. The summed E-state index contributed by atoms with van der Waals surface area (Å²) in [5.74, 6) is 0.339. The molecule has 1 amide bonds. The molecule has 4 nitrogen and oxygen atoms in total. The fourth-order valence-electron chi connectivity index (χ4n) is 4.08. The molecule has 1 aromatic heterocycles. The van der Waals surface area contributed by atoms with Crippen molar-refractivity contribution in [3.05, 3.63) is 30.1 Å². The van der Waals surface area contributed by atoms with E-state index >= 15 is 0 Å². The van der Waals surface area contributed by atoms with E-state index < -0.39 is 0 Å². The highest BCUT2D eigenvalue weighted by molar-refractivity contribution is 5.77. The van der Waals surface area contributed by atoms with Crippen LogP contribution in [0.3, 0.4) is 0 Å². The van der Waals surface area contributed by atoms with Gasteiger partial charge < -0.3 is 9.80 Å². The normalized spacial score (nSPS) is 23.0. The molecule has 0 aromatic carbocycles. The maximum atomic E-state index is 12.8. The lowest BCUT2D eigenvalue weighted by Crippen LogP contribution is -2.49. The molecule has 3 rings (SSSR count). The van der Waals surface area contributed by atoms with Gasteiger partial charge in [-0.2, -0.15) is 0 Å². The number of aromatic nitrogens is 1. The SMILES string of the molecule is O=C(CCc1ccncc1)N1CCCCC1CN1CCCCCC1. The number of likely N-dealkylation sites (tertiary alicyclic amines) is 2. The van der Waals surface area contributed by atoms with Crippen molar-refractivity contribution in [3.8, 4) is 0 Å². The molecule has 2 saturated heterocycles. The Morgan fingerprint density at radius 3 is 2.46 bits per heavy atom. The first-order valence-corrected chi connectivity index (χ1v) is 9.73. The average Bonchev–Trinajstić information content (AvgIpc) is 2.90. The zero-order valence-electron chi connectivity index (χ0n) is 14.8. The van der Waals surface area contributed by atoms with Crippen molar-refractivity contribution in [1.29, 1.82) is 0 Å². The van der Waals surface area contributed by atoms with Crippen LogP contribution in [0.4, 0.5) is 0 Å². The van der Waals surface area contributed by atoms with E-state index in [2.05, 4.69) is 14.8 Å². The largest absolute Gasteiger partial charge is 0.338 e. The Kier molecular flexibility index (Phi) is 6.65. The zero-order chi connectivity index (χ0) is 16.6. The molecular weight excluding hydrogens is 298 g/mol. The predicted octanol–water partition coefficient (Wildman–Crippen LogP) is 3.27. The summed E-state index contributed by atoms with van der Waals surface area (Å²) >= 11 is 0. The number of aryl methyl sites for hydroxylation is 1. The maximum absolute atomic E-state index is 12.8. The summed E-state index contributed by atoms with van der Waals surface area (Å²) in [6, 6.07) is 4.46. The number of piperidine rings is 1. The second-order valence-corrected chi connectivity index (χ2v) is 7.31. The van der Waals surface area contributed by atoms with Gasteiger partial charge in [-0.05, 0) is 69.3 Å². The molecule has 1 unspecified atom stereocenters. The van der Waals surface area contributed by atoms with Gasteiger partial charge in [0.1, 0.15) is 0 Å². The highest BCUT2D eigenvalue weighted by Gasteiger charge is 2.28. The summed E-state index contributed by atoms with van der Waals surface area (Å²) < 4.78 is 0. The van der Waals surface area contributed by atoms with Crippen LogP contribution in [0.25, 0.3) is 0 Å². The molecule has 1 aromatic rings. The molecule has 0 spiro atoms. The molecular formula is C20H31N3O. The molecule has 0 N–H and O–H groups in total. The number of carbonyl (C=O) groups is 1. The Bertz CT molecular complexity index is 497.